The molecule has 0 unspecified atom stereocenters. The largest absolute Gasteiger partial charge is 0.462 e. The minimum Gasteiger partial charge on any atom is -0.462 e. The number of carbonyl (C=O) groups excluding carboxylic acids is 3. The Kier molecular flexibility index (Phi) is 5.86. The number of amides is 1. The smallest absolute Gasteiger partial charge is 0.413 e. The number of nitrogens with two attached hydrogens (primary N) is 1. The van der Waals surface area contributed by atoms with Crippen LogP contribution in [0, 0.1) is 0 Å². The molecular formula is C11H15N5O5. The normalized spacial score (nSPS) is 10.9. The van der Waals surface area contributed by atoms with Gasteiger partial charge in [-0.25, -0.2) is 9.59 Å². The fourth-order valence-electron chi connectivity index (χ4n) is 1.31. The molecule has 0 aliphatic heterocycles. The van der Waals surface area contributed by atoms with Gasteiger partial charge in [-0.15, -0.1) is 0 Å². The molecule has 1 rings (SSSR count). The van der Waals surface area contributed by atoms with Gasteiger partial charge in [0, 0.05) is 6.20 Å². The number of hydrogen-bond donors (Lipinski definition) is 2. The van der Waals surface area contributed by atoms with Gasteiger partial charge in [0.2, 0.25) is 5.96 Å². The van der Waals surface area contributed by atoms with Crippen molar-refractivity contribution >= 4 is 30.1 Å². The first-order valence-corrected chi connectivity index (χ1v) is 5.89. The van der Waals surface area contributed by atoms with Crippen LogP contribution in [0.4, 0.5) is 10.6 Å². The lowest BCUT2D eigenvalue weighted by molar-refractivity contribution is -0.108. The molecule has 1 amide bonds. The van der Waals surface area contributed by atoms with E-state index in [1.54, 1.807) is 6.92 Å². The highest BCUT2D eigenvalue weighted by Gasteiger charge is 2.18. The maximum Gasteiger partial charge on any atom is 0.413 e. The number of aromatic nitrogens is 2. The molecule has 1 aromatic heterocycles. The molecule has 21 heavy (non-hydrogen) atoms. The summed E-state index contributed by atoms with van der Waals surface area (Å²) in [5, 5.41) is 6.01. The summed E-state index contributed by atoms with van der Waals surface area (Å²) in [6.45, 7) is 1.74. The molecule has 0 bridgehead atoms. The van der Waals surface area contributed by atoms with Crippen LogP contribution in [-0.4, -0.2) is 47.8 Å². The molecule has 10 nitrogen and oxygen atoms in total. The van der Waals surface area contributed by atoms with E-state index in [4.69, 9.17) is 10.5 Å². The maximum absolute atomic E-state index is 11.8. The van der Waals surface area contributed by atoms with Gasteiger partial charge in [-0.05, 0) is 6.92 Å². The van der Waals surface area contributed by atoms with Gasteiger partial charge >= 0.3 is 12.1 Å². The van der Waals surface area contributed by atoms with Crippen LogP contribution in [-0.2, 0) is 20.8 Å². The number of guanidine groups is 1. The highest BCUT2D eigenvalue weighted by molar-refractivity contribution is 5.98. The molecule has 1 heterocycles. The van der Waals surface area contributed by atoms with Gasteiger partial charge in [0.25, 0.3) is 0 Å². The molecule has 3 N–H and O–H groups in total. The molecule has 0 saturated carbocycles. The van der Waals surface area contributed by atoms with E-state index in [0.717, 1.165) is 7.11 Å². The maximum atomic E-state index is 11.8. The topological polar surface area (TPSA) is 138 Å². The Bertz CT molecular complexity index is 565. The molecular weight excluding hydrogens is 282 g/mol. The first kappa shape index (κ1) is 16.1. The van der Waals surface area contributed by atoms with Crippen LogP contribution in [0.1, 0.15) is 17.3 Å². The Hall–Kier alpha value is -2.91. The lowest BCUT2D eigenvalue weighted by Gasteiger charge is -2.02. The summed E-state index contributed by atoms with van der Waals surface area (Å²) < 4.78 is 10.4. The van der Waals surface area contributed by atoms with Crippen molar-refractivity contribution in [3.8, 4) is 0 Å². The molecule has 0 radical (unpaired) electrons. The lowest BCUT2D eigenvalue weighted by atomic mass is 10.3. The van der Waals surface area contributed by atoms with Crippen molar-refractivity contribution in [1.29, 1.82) is 0 Å². The van der Waals surface area contributed by atoms with Crippen LogP contribution in [0.15, 0.2) is 11.2 Å². The molecule has 0 atom stereocenters. The standard InChI is InChI=1S/C11H15N5O5/c1-3-21-9(18)7-6-16(4-5-17)15-8(7)13-10(12)14-11(19)20-2/h5-6H,3-4H2,1-2H3,(H3,12,13,14,15,19). The molecule has 10 heteroatoms. The quantitative estimate of drug-likeness (QED) is 0.325. The van der Waals surface area contributed by atoms with E-state index in [-0.39, 0.29) is 30.5 Å². The first-order chi connectivity index (χ1) is 10.0. The van der Waals surface area contributed by atoms with Crippen molar-refractivity contribution < 1.29 is 23.9 Å². The fourth-order valence-corrected chi connectivity index (χ4v) is 1.31. The summed E-state index contributed by atoms with van der Waals surface area (Å²) in [6, 6.07) is 0. The van der Waals surface area contributed by atoms with Crippen molar-refractivity contribution in [3.05, 3.63) is 11.8 Å². The summed E-state index contributed by atoms with van der Waals surface area (Å²) in [5.74, 6) is -1.06. The summed E-state index contributed by atoms with van der Waals surface area (Å²) in [5.41, 5.74) is 5.50. The third kappa shape index (κ3) is 4.60. The monoisotopic (exact) mass is 297 g/mol. The Morgan fingerprint density at radius 1 is 1.57 bits per heavy atom. The number of nitrogens with zero attached hydrogens (tertiary/aromatic N) is 3. The molecule has 0 aromatic carbocycles. The van der Waals surface area contributed by atoms with Gasteiger partial charge in [-0.1, -0.05) is 0 Å². The number of esters is 1. The van der Waals surface area contributed by atoms with E-state index in [0.29, 0.717) is 6.29 Å². The summed E-state index contributed by atoms with van der Waals surface area (Å²) in [4.78, 5) is 37.0. The summed E-state index contributed by atoms with van der Waals surface area (Å²) in [7, 11) is 1.16. The van der Waals surface area contributed by atoms with Crippen LogP contribution >= 0.6 is 0 Å². The highest BCUT2D eigenvalue weighted by atomic mass is 16.5. The zero-order valence-electron chi connectivity index (χ0n) is 11.5. The SMILES string of the molecule is CCOC(=O)c1cn(CC=O)nc1/N=C(\N)NC(=O)OC. The second-order valence-electron chi connectivity index (χ2n) is 3.59. The van der Waals surface area contributed by atoms with Crippen molar-refractivity contribution in [2.24, 2.45) is 10.7 Å². The van der Waals surface area contributed by atoms with E-state index in [9.17, 15) is 14.4 Å². The van der Waals surface area contributed by atoms with E-state index in [2.05, 4.69) is 20.1 Å². The van der Waals surface area contributed by atoms with Crippen molar-refractivity contribution in [2.75, 3.05) is 13.7 Å². The lowest BCUT2D eigenvalue weighted by Crippen LogP contribution is -2.36. The first-order valence-electron chi connectivity index (χ1n) is 5.89. The third-order valence-electron chi connectivity index (χ3n) is 2.14. The van der Waals surface area contributed by atoms with E-state index in [1.165, 1.54) is 10.9 Å². The number of aldehydes is 1. The number of hydrogen-bond acceptors (Lipinski definition) is 7. The second-order valence-corrected chi connectivity index (χ2v) is 3.59. The Labute approximate surface area is 119 Å². The molecule has 0 saturated heterocycles. The van der Waals surface area contributed by atoms with Gasteiger partial charge in [0.05, 0.1) is 20.3 Å². The zero-order valence-corrected chi connectivity index (χ0v) is 11.5. The zero-order chi connectivity index (χ0) is 15.8. The van der Waals surface area contributed by atoms with Crippen molar-refractivity contribution in [2.45, 2.75) is 13.5 Å². The van der Waals surface area contributed by atoms with Crippen LogP contribution in [0.3, 0.4) is 0 Å². The van der Waals surface area contributed by atoms with E-state index < -0.39 is 12.1 Å². The molecule has 0 fully saturated rings. The predicted octanol–water partition coefficient (Wildman–Crippen LogP) is -0.439. The summed E-state index contributed by atoms with van der Waals surface area (Å²) in [6.07, 6.45) is 1.09. The minimum absolute atomic E-state index is 0.0216. The number of rotatable bonds is 5. The van der Waals surface area contributed by atoms with E-state index >= 15 is 0 Å². The van der Waals surface area contributed by atoms with Crippen LogP contribution in [0.25, 0.3) is 0 Å². The van der Waals surface area contributed by atoms with Gasteiger partial charge in [-0.3, -0.25) is 10.00 Å². The Morgan fingerprint density at radius 3 is 2.86 bits per heavy atom. The van der Waals surface area contributed by atoms with Crippen LogP contribution < -0.4 is 11.1 Å². The summed E-state index contributed by atoms with van der Waals surface area (Å²) >= 11 is 0. The second kappa shape index (κ2) is 7.62. The number of ether oxygens (including phenoxy) is 2. The molecule has 1 aromatic rings. The van der Waals surface area contributed by atoms with E-state index in [1.807, 2.05) is 0 Å². The average Bonchev–Trinajstić information content (AvgIpc) is 2.82. The number of carbonyl (C=O) groups is 3. The molecule has 0 aliphatic rings. The number of aliphatic imine (C=N–C) groups is 1. The van der Waals surface area contributed by atoms with Gasteiger partial charge in [0.1, 0.15) is 11.8 Å². The Morgan fingerprint density at radius 2 is 2.29 bits per heavy atom. The number of methoxy groups -OCH3 is 1. The fraction of sp³-hybridized carbons (Fsp3) is 0.364. The highest BCUT2D eigenvalue weighted by Crippen LogP contribution is 2.17. The number of nitrogens with one attached hydrogen (secondary N) is 1. The van der Waals surface area contributed by atoms with Crippen molar-refractivity contribution in [3.63, 3.8) is 0 Å². The van der Waals surface area contributed by atoms with Crippen LogP contribution in [0.5, 0.6) is 0 Å². The number of alkyl carbamates (subject to hydrolysis) is 1. The Balaban J connectivity index is 3.07. The van der Waals surface area contributed by atoms with Crippen LogP contribution in [0.2, 0.25) is 0 Å². The molecule has 0 spiro atoms. The van der Waals surface area contributed by atoms with Crippen molar-refractivity contribution in [1.82, 2.24) is 15.1 Å². The predicted molar refractivity (Wildman–Crippen MR) is 71.1 cm³/mol. The third-order valence-corrected chi connectivity index (χ3v) is 2.14. The average molecular weight is 297 g/mol. The minimum atomic E-state index is -0.818. The van der Waals surface area contributed by atoms with Gasteiger partial charge < -0.3 is 20.0 Å². The van der Waals surface area contributed by atoms with Gasteiger partial charge in [-0.2, -0.15) is 10.1 Å². The van der Waals surface area contributed by atoms with Gasteiger partial charge in [0.15, 0.2) is 5.82 Å². The molecule has 114 valence electrons. The molecule has 0 aliphatic carbocycles.